The molecule has 0 spiro atoms. The van der Waals surface area contributed by atoms with E-state index < -0.39 is 23.6 Å². The van der Waals surface area contributed by atoms with E-state index in [2.05, 4.69) is 26.4 Å². The molecule has 0 saturated carbocycles. The lowest BCUT2D eigenvalue weighted by atomic mass is 9.89. The van der Waals surface area contributed by atoms with E-state index in [0.717, 1.165) is 38.1 Å². The number of rotatable bonds is 29. The molecule has 2 aromatic heterocycles. The van der Waals surface area contributed by atoms with Gasteiger partial charge in [-0.3, -0.25) is 19.3 Å². The van der Waals surface area contributed by atoms with Crippen molar-refractivity contribution in [3.63, 3.8) is 0 Å². The van der Waals surface area contributed by atoms with Crippen molar-refractivity contribution in [1.82, 2.24) is 10.3 Å². The van der Waals surface area contributed by atoms with Gasteiger partial charge < -0.3 is 38.5 Å². The van der Waals surface area contributed by atoms with Crippen molar-refractivity contribution in [3.05, 3.63) is 87.7 Å². The van der Waals surface area contributed by atoms with E-state index in [-0.39, 0.29) is 44.0 Å². The summed E-state index contributed by atoms with van der Waals surface area (Å²) < 4.78 is 39.5. The van der Waals surface area contributed by atoms with Gasteiger partial charge in [0.05, 0.1) is 77.6 Å². The molecule has 2 heterocycles. The number of carbonyl (C=O) groups excluding carboxylic acids is 4. The third kappa shape index (κ3) is 18.2. The van der Waals surface area contributed by atoms with Gasteiger partial charge in [-0.2, -0.15) is 0 Å². The molecule has 18 heteroatoms. The number of carbonyl (C=O) groups is 4. The Morgan fingerprint density at radius 2 is 1.55 bits per heavy atom. The molecule has 1 N–H and O–H groups in total. The zero-order chi connectivity index (χ0) is 46.2. The van der Waals surface area contributed by atoms with Crippen molar-refractivity contribution >= 4 is 51.0 Å². The lowest BCUT2D eigenvalue weighted by molar-refractivity contribution is -0.141. The summed E-state index contributed by atoms with van der Waals surface area (Å²) >= 11 is 1.58. The smallest absolute Gasteiger partial charge is 0.416 e. The third-order valence-electron chi connectivity index (χ3n) is 9.45. The average molecular weight is 905 g/mol. The third-order valence-corrected chi connectivity index (χ3v) is 10.4. The van der Waals surface area contributed by atoms with Crippen molar-refractivity contribution < 1.29 is 52.3 Å². The highest BCUT2D eigenvalue weighted by Gasteiger charge is 2.25. The van der Waals surface area contributed by atoms with Gasteiger partial charge in [-0.05, 0) is 97.6 Å². The molecule has 0 unspecified atom stereocenters. The second kappa shape index (κ2) is 27.5. The highest BCUT2D eigenvalue weighted by atomic mass is 32.1. The first-order valence-corrected chi connectivity index (χ1v) is 22.1. The maximum atomic E-state index is 13.2. The number of thiophene rings is 1. The quantitative estimate of drug-likeness (QED) is 0.0181. The van der Waals surface area contributed by atoms with Gasteiger partial charge in [0.2, 0.25) is 5.91 Å². The predicted octanol–water partition coefficient (Wildman–Crippen LogP) is 7.97. The number of esters is 1. The highest BCUT2D eigenvalue weighted by Crippen LogP contribution is 2.38. The minimum absolute atomic E-state index is 0.00433. The van der Waals surface area contributed by atoms with Gasteiger partial charge in [0, 0.05) is 48.3 Å². The zero-order valence-electron chi connectivity index (χ0n) is 37.4. The number of ketones is 1. The minimum atomic E-state index is -0.714. The van der Waals surface area contributed by atoms with Crippen molar-refractivity contribution in [2.45, 2.75) is 64.9 Å². The van der Waals surface area contributed by atoms with Crippen LogP contribution >= 0.6 is 11.3 Å². The molecule has 346 valence electrons. The maximum absolute atomic E-state index is 13.2. The van der Waals surface area contributed by atoms with Gasteiger partial charge in [-0.25, -0.2) is 9.78 Å². The lowest BCUT2D eigenvalue weighted by Gasteiger charge is -2.27. The van der Waals surface area contributed by atoms with Crippen LogP contribution in [0.4, 0.5) is 10.6 Å². The first-order chi connectivity index (χ1) is 30.9. The Balaban J connectivity index is 1.23. The Hall–Kier alpha value is -5.62. The maximum Gasteiger partial charge on any atom is 0.416 e. The fourth-order valence-electron chi connectivity index (χ4n) is 6.37. The molecule has 0 radical (unpaired) electrons. The Morgan fingerprint density at radius 3 is 2.19 bits per heavy atom. The number of nitrogens with one attached hydrogen (secondary N) is 1. The van der Waals surface area contributed by atoms with Crippen LogP contribution in [0.3, 0.4) is 0 Å². The van der Waals surface area contributed by atoms with E-state index in [1.807, 2.05) is 54.8 Å². The molecule has 0 bridgehead atoms. The van der Waals surface area contributed by atoms with Crippen LogP contribution < -0.4 is 15.0 Å². The molecule has 64 heavy (non-hydrogen) atoms. The number of azide groups is 1. The fraction of sp³-hybridized carbons (Fsp3) is 0.500. The zero-order valence-corrected chi connectivity index (χ0v) is 38.2. The minimum Gasteiger partial charge on any atom is -0.490 e. The van der Waals surface area contributed by atoms with Gasteiger partial charge in [-0.1, -0.05) is 29.4 Å². The van der Waals surface area contributed by atoms with E-state index in [1.54, 1.807) is 44.4 Å². The van der Waals surface area contributed by atoms with E-state index in [1.165, 1.54) is 12.0 Å². The van der Waals surface area contributed by atoms with E-state index in [4.69, 9.17) is 38.7 Å². The van der Waals surface area contributed by atoms with Gasteiger partial charge in [0.25, 0.3) is 0 Å². The number of Topliss-reactive ketones (excluding diaryl/α,β-unsaturated/α-hetero) is 1. The largest absolute Gasteiger partial charge is 0.490 e. The molecule has 2 amide bonds. The number of methoxy groups -OCH3 is 1. The number of aromatic nitrogens is 1. The van der Waals surface area contributed by atoms with Crippen LogP contribution in [-0.4, -0.2) is 121 Å². The SMILES string of the molecule is COC(=O)C[C@H](CC(=O)CNC(=O)CCCN(C(=O)OC(C)(C)C)c1cc(C)ccn1)c1ccc(-c2ccc(OCCOCCOCCOCCOCCN=[N+]=[N-])c3sccc23)cc1. The Bertz CT molecular complexity index is 2140. The normalized spacial score (nSPS) is 11.7. The summed E-state index contributed by atoms with van der Waals surface area (Å²) in [5, 5.41) is 9.14. The number of amides is 2. The second-order valence-corrected chi connectivity index (χ2v) is 16.5. The number of aryl methyl sites for hydroxylation is 1. The molecule has 17 nitrogen and oxygen atoms in total. The highest BCUT2D eigenvalue weighted by molar-refractivity contribution is 7.17. The van der Waals surface area contributed by atoms with Gasteiger partial charge in [-0.15, -0.1) is 11.3 Å². The van der Waals surface area contributed by atoms with Gasteiger partial charge >= 0.3 is 12.1 Å². The molecule has 0 aliphatic carbocycles. The lowest BCUT2D eigenvalue weighted by Crippen LogP contribution is -2.38. The summed E-state index contributed by atoms with van der Waals surface area (Å²) in [6.45, 7) is 11.3. The number of pyridine rings is 1. The first-order valence-electron chi connectivity index (χ1n) is 21.2. The molecule has 4 rings (SSSR count). The van der Waals surface area contributed by atoms with Crippen LogP contribution in [0, 0.1) is 6.92 Å². The van der Waals surface area contributed by atoms with Gasteiger partial charge in [0.1, 0.15) is 23.8 Å². The van der Waals surface area contributed by atoms with E-state index in [9.17, 15) is 19.2 Å². The number of hydrogen-bond donors (Lipinski definition) is 1. The second-order valence-electron chi connectivity index (χ2n) is 15.6. The van der Waals surface area contributed by atoms with Crippen LogP contribution in [-0.2, 0) is 42.8 Å². The average Bonchev–Trinajstić information content (AvgIpc) is 3.77. The Morgan fingerprint density at radius 1 is 0.875 bits per heavy atom. The van der Waals surface area contributed by atoms with Crippen molar-refractivity contribution in [2.24, 2.45) is 5.11 Å². The van der Waals surface area contributed by atoms with E-state index in [0.29, 0.717) is 78.2 Å². The fourth-order valence-corrected chi connectivity index (χ4v) is 7.25. The summed E-state index contributed by atoms with van der Waals surface area (Å²) in [6, 6.07) is 17.4. The molecular weight excluding hydrogens is 845 g/mol. The standard InChI is InChI=1S/C46H60N6O11S/c1-33-14-16-48-41(29-33)52(45(56)63-46(2,3)4)18-6-7-42(54)49-32-37(53)30-36(31-43(55)57-5)34-8-10-35(11-9-34)38-12-13-40(44-39(38)15-28-64-44)62-27-26-61-25-24-60-23-22-59-21-20-58-19-17-50-51-47/h8-16,28-29,36H,6-7,17-27,30-32H2,1-5H3,(H,49,54)/t36-/m0/s1. The molecular formula is C46H60N6O11S. The number of hydrogen-bond acceptors (Lipinski definition) is 14. The topological polar surface area (TPSA) is 210 Å². The number of fused-ring (bicyclic) bond motifs is 1. The Kier molecular flexibility index (Phi) is 22.0. The molecule has 1 atom stereocenters. The van der Waals surface area contributed by atoms with Crippen molar-refractivity contribution in [3.8, 4) is 16.9 Å². The monoisotopic (exact) mass is 904 g/mol. The summed E-state index contributed by atoms with van der Waals surface area (Å²) in [6.07, 6.45) is 1.45. The van der Waals surface area contributed by atoms with Crippen molar-refractivity contribution in [2.75, 3.05) is 91.1 Å². The van der Waals surface area contributed by atoms with Crippen LogP contribution in [0.5, 0.6) is 5.75 Å². The summed E-state index contributed by atoms with van der Waals surface area (Å²) in [5.74, 6) is -0.298. The summed E-state index contributed by atoms with van der Waals surface area (Å²) in [7, 11) is 1.31. The number of nitrogens with zero attached hydrogens (tertiary/aromatic N) is 5. The number of ether oxygens (including phenoxy) is 7. The molecule has 4 aromatic rings. The number of anilines is 1. The summed E-state index contributed by atoms with van der Waals surface area (Å²) in [5.41, 5.74) is 11.2. The molecule has 2 aromatic carbocycles. The first kappa shape index (κ1) is 51.0. The predicted molar refractivity (Wildman–Crippen MR) is 244 cm³/mol. The van der Waals surface area contributed by atoms with Crippen molar-refractivity contribution in [1.29, 1.82) is 0 Å². The van der Waals surface area contributed by atoms with Crippen LogP contribution in [0.1, 0.15) is 63.5 Å². The number of benzene rings is 2. The summed E-state index contributed by atoms with van der Waals surface area (Å²) in [4.78, 5) is 59.9. The van der Waals surface area contributed by atoms with E-state index >= 15 is 0 Å². The van der Waals surface area contributed by atoms with Crippen LogP contribution in [0.15, 0.2) is 71.3 Å². The molecule has 0 aliphatic rings. The van der Waals surface area contributed by atoms with Gasteiger partial charge in [0.15, 0.2) is 5.78 Å². The Labute approximate surface area is 378 Å². The van der Waals surface area contributed by atoms with Crippen LogP contribution in [0.2, 0.25) is 0 Å². The van der Waals surface area contributed by atoms with Crippen LogP contribution in [0.25, 0.3) is 31.7 Å². The molecule has 0 fully saturated rings. The molecule has 0 aliphatic heterocycles. The molecule has 0 saturated heterocycles.